The van der Waals surface area contributed by atoms with Crippen molar-refractivity contribution in [3.63, 3.8) is 0 Å². The SMILES string of the molecule is CC(C)(C)c1ccc(Nc2cc3c(cc2-c2ccc4c5cc6c(cc5n5c4c2[B]c2oc4ccc(C(C)(C)C)cc4c2-5)oc2ccccc26)oc2ccc(N(c4ccccc4)c4ccccc4)cc23)cc1. The largest absolute Gasteiger partial charge is 0.469 e. The van der Waals surface area contributed by atoms with Crippen molar-refractivity contribution in [1.82, 2.24) is 4.57 Å². The molecule has 0 fully saturated rings. The zero-order valence-corrected chi connectivity index (χ0v) is 40.5. The average Bonchev–Trinajstić information content (AvgIpc) is 4.12. The van der Waals surface area contributed by atoms with E-state index in [-0.39, 0.29) is 10.8 Å². The molecule has 1 radical (unpaired) electrons. The molecule has 0 bridgehead atoms. The van der Waals surface area contributed by atoms with Gasteiger partial charge in [-0.05, 0) is 124 Å². The number of nitrogens with zero attached hydrogens (tertiary/aromatic N) is 2. The van der Waals surface area contributed by atoms with Gasteiger partial charge in [-0.3, -0.25) is 0 Å². The molecular formula is C64H49BN3O3. The molecule has 341 valence electrons. The fourth-order valence-corrected chi connectivity index (χ4v) is 11.1. The standard InChI is InChI=1S/C64H49BN3O3/c1-63(2,3)37-21-24-39(25-22-37)66-52-34-50-48-32-42(67(40-15-9-7-10-16-40)41-17-11-8-12-18-41)26-30-55(48)70-57(50)35-46(52)44-27-28-45-47-33-49-43-19-13-14-20-54(43)69-58(49)36-53(47)68-60(45)59(44)65-62-61(68)51-31-38(64(4,5)6)23-29-56(51)71-62/h7-36,66H,1-6H3. The highest BCUT2D eigenvalue weighted by Crippen LogP contribution is 2.46. The Morgan fingerprint density at radius 3 is 1.79 bits per heavy atom. The van der Waals surface area contributed by atoms with Crippen LogP contribution in [0.2, 0.25) is 0 Å². The third kappa shape index (κ3) is 6.49. The predicted molar refractivity (Wildman–Crippen MR) is 297 cm³/mol. The van der Waals surface area contributed by atoms with Crippen LogP contribution in [0.4, 0.5) is 28.4 Å². The molecule has 13 aromatic rings. The number of furan rings is 3. The number of hydrogen-bond acceptors (Lipinski definition) is 5. The van der Waals surface area contributed by atoms with E-state index in [2.05, 4.69) is 240 Å². The molecule has 0 amide bonds. The maximum Gasteiger partial charge on any atom is 0.247 e. The van der Waals surface area contributed by atoms with Crippen molar-refractivity contribution in [3.8, 4) is 16.8 Å². The van der Waals surface area contributed by atoms with Crippen LogP contribution >= 0.6 is 0 Å². The van der Waals surface area contributed by atoms with Gasteiger partial charge in [-0.25, -0.2) is 0 Å². The Bertz CT molecular complexity index is 4260. The summed E-state index contributed by atoms with van der Waals surface area (Å²) < 4.78 is 22.8. The topological polar surface area (TPSA) is 59.6 Å². The molecule has 9 aromatic carbocycles. The van der Waals surface area contributed by atoms with Crippen molar-refractivity contribution in [2.45, 2.75) is 52.4 Å². The highest BCUT2D eigenvalue weighted by molar-refractivity contribution is 6.73. The van der Waals surface area contributed by atoms with Crippen LogP contribution in [-0.2, 0) is 10.8 Å². The van der Waals surface area contributed by atoms with Gasteiger partial charge in [-0.1, -0.05) is 126 Å². The highest BCUT2D eigenvalue weighted by Gasteiger charge is 2.32. The number of para-hydroxylation sites is 3. The number of aromatic nitrogens is 1. The maximum absolute atomic E-state index is 6.92. The van der Waals surface area contributed by atoms with E-state index in [9.17, 15) is 0 Å². The van der Waals surface area contributed by atoms with Crippen molar-refractivity contribution in [3.05, 3.63) is 193 Å². The minimum atomic E-state index is -0.0488. The van der Waals surface area contributed by atoms with Gasteiger partial charge >= 0.3 is 0 Å². The van der Waals surface area contributed by atoms with Crippen molar-refractivity contribution < 1.29 is 13.3 Å². The van der Waals surface area contributed by atoms with Crippen LogP contribution < -0.4 is 21.3 Å². The Kier molecular flexibility index (Phi) is 8.80. The van der Waals surface area contributed by atoms with Gasteiger partial charge in [0.15, 0.2) is 0 Å². The van der Waals surface area contributed by atoms with E-state index in [1.807, 2.05) is 6.07 Å². The first-order valence-electron chi connectivity index (χ1n) is 24.6. The first-order chi connectivity index (χ1) is 34.4. The molecule has 7 heteroatoms. The molecular weight excluding hydrogens is 870 g/mol. The van der Waals surface area contributed by atoms with Gasteiger partial charge in [-0.2, -0.15) is 0 Å². The van der Waals surface area contributed by atoms with E-state index in [1.54, 1.807) is 0 Å². The Labute approximate surface area is 412 Å². The lowest BCUT2D eigenvalue weighted by molar-refractivity contribution is 0.590. The molecule has 71 heavy (non-hydrogen) atoms. The highest BCUT2D eigenvalue weighted by atomic mass is 16.3. The molecule has 1 aliphatic rings. The Morgan fingerprint density at radius 2 is 1.06 bits per heavy atom. The van der Waals surface area contributed by atoms with Crippen LogP contribution in [0.3, 0.4) is 0 Å². The zero-order valence-electron chi connectivity index (χ0n) is 40.5. The Balaban J connectivity index is 1.02. The van der Waals surface area contributed by atoms with E-state index < -0.39 is 0 Å². The van der Waals surface area contributed by atoms with Crippen LogP contribution in [0.5, 0.6) is 0 Å². The molecule has 0 atom stereocenters. The Morgan fingerprint density at radius 1 is 0.437 bits per heavy atom. The third-order valence-electron chi connectivity index (χ3n) is 14.7. The molecule has 0 spiro atoms. The van der Waals surface area contributed by atoms with Gasteiger partial charge in [0.25, 0.3) is 0 Å². The molecule has 4 aromatic heterocycles. The summed E-state index contributed by atoms with van der Waals surface area (Å²) in [6.07, 6.45) is 0. The van der Waals surface area contributed by atoms with Gasteiger partial charge in [0.1, 0.15) is 27.9 Å². The van der Waals surface area contributed by atoms with E-state index in [0.717, 1.165) is 128 Å². The lowest BCUT2D eigenvalue weighted by atomic mass is 9.62. The van der Waals surface area contributed by atoms with E-state index in [1.165, 1.54) is 16.5 Å². The lowest BCUT2D eigenvalue weighted by Gasteiger charge is -2.25. The van der Waals surface area contributed by atoms with Crippen LogP contribution in [-0.4, -0.2) is 11.8 Å². The summed E-state index contributed by atoms with van der Waals surface area (Å²) >= 11 is 0. The maximum atomic E-state index is 6.92. The zero-order chi connectivity index (χ0) is 47.9. The molecule has 0 unspecified atom stereocenters. The molecule has 0 aliphatic carbocycles. The summed E-state index contributed by atoms with van der Waals surface area (Å²) in [4.78, 5) is 2.30. The van der Waals surface area contributed by atoms with E-state index >= 15 is 0 Å². The third-order valence-corrected chi connectivity index (χ3v) is 14.7. The molecule has 0 saturated heterocycles. The number of anilines is 5. The molecule has 0 saturated carbocycles. The number of nitrogens with one attached hydrogen (secondary N) is 1. The summed E-state index contributed by atoms with van der Waals surface area (Å²) in [6.45, 7) is 13.6. The predicted octanol–water partition coefficient (Wildman–Crippen LogP) is 16.8. The van der Waals surface area contributed by atoms with Crippen molar-refractivity contribution >= 4 is 123 Å². The number of fused-ring (bicyclic) bond motifs is 13. The number of hydrogen-bond donors (Lipinski definition) is 1. The first-order valence-corrected chi connectivity index (χ1v) is 24.6. The Hall–Kier alpha value is -8.42. The first kappa shape index (κ1) is 41.5. The van der Waals surface area contributed by atoms with Crippen LogP contribution in [0.15, 0.2) is 195 Å². The van der Waals surface area contributed by atoms with Gasteiger partial charge in [0.05, 0.1) is 16.9 Å². The van der Waals surface area contributed by atoms with Gasteiger partial charge in [0.2, 0.25) is 7.28 Å². The average molecular weight is 919 g/mol. The van der Waals surface area contributed by atoms with Crippen LogP contribution in [0.1, 0.15) is 52.7 Å². The van der Waals surface area contributed by atoms with Crippen molar-refractivity contribution in [1.29, 1.82) is 0 Å². The minimum absolute atomic E-state index is 0.0231. The summed E-state index contributed by atoms with van der Waals surface area (Å²) in [5.41, 5.74) is 19.1. The van der Waals surface area contributed by atoms with Crippen LogP contribution in [0.25, 0.3) is 93.5 Å². The molecule has 5 heterocycles. The summed E-state index contributed by atoms with van der Waals surface area (Å²) in [7, 11) is 2.26. The van der Waals surface area contributed by atoms with Crippen molar-refractivity contribution in [2.24, 2.45) is 0 Å². The normalized spacial score (nSPS) is 12.8. The summed E-state index contributed by atoms with van der Waals surface area (Å²) in [5.74, 6) is 0. The smallest absolute Gasteiger partial charge is 0.247 e. The van der Waals surface area contributed by atoms with Crippen molar-refractivity contribution in [2.75, 3.05) is 10.2 Å². The van der Waals surface area contributed by atoms with Gasteiger partial charge in [-0.15, -0.1) is 0 Å². The second-order valence-corrected chi connectivity index (χ2v) is 21.3. The second-order valence-electron chi connectivity index (χ2n) is 21.3. The molecule has 14 rings (SSSR count). The fraction of sp³-hybridized carbons (Fsp3) is 0.125. The monoisotopic (exact) mass is 918 g/mol. The van der Waals surface area contributed by atoms with Crippen LogP contribution in [0, 0.1) is 0 Å². The van der Waals surface area contributed by atoms with E-state index in [4.69, 9.17) is 13.3 Å². The fourth-order valence-electron chi connectivity index (χ4n) is 11.1. The summed E-state index contributed by atoms with van der Waals surface area (Å²) in [6, 6.07) is 65.1. The molecule has 1 N–H and O–H groups in total. The summed E-state index contributed by atoms with van der Waals surface area (Å²) in [5, 5.41) is 11.6. The van der Waals surface area contributed by atoms with E-state index in [0.29, 0.717) is 0 Å². The number of benzene rings is 9. The quantitative estimate of drug-likeness (QED) is 0.168. The second kappa shape index (κ2) is 15.0. The molecule has 1 aliphatic heterocycles. The minimum Gasteiger partial charge on any atom is -0.469 e. The number of rotatable bonds is 6. The van der Waals surface area contributed by atoms with Gasteiger partial charge < -0.3 is 28.0 Å². The van der Waals surface area contributed by atoms with Gasteiger partial charge in [0, 0.05) is 83.3 Å². The lowest BCUT2D eigenvalue weighted by Crippen LogP contribution is -2.36. The molecule has 6 nitrogen and oxygen atoms in total.